The Bertz CT molecular complexity index is 270. The molecule has 0 atom stereocenters. The molecule has 5 heteroatoms. The molecule has 0 radical (unpaired) electrons. The average molecular weight is 256 g/mol. The molecule has 0 aromatic rings. The zero-order chi connectivity index (χ0) is 13.8. The van der Waals surface area contributed by atoms with Crippen molar-refractivity contribution < 1.29 is 4.79 Å². The van der Waals surface area contributed by atoms with Crippen LogP contribution in [0.1, 0.15) is 27.7 Å². The minimum atomic E-state index is 0.0618. The molecule has 1 amide bonds. The molecule has 0 aliphatic carbocycles. The van der Waals surface area contributed by atoms with Crippen molar-refractivity contribution in [2.45, 2.75) is 39.3 Å². The number of hydrogen-bond donors (Lipinski definition) is 2. The van der Waals surface area contributed by atoms with E-state index in [1.807, 2.05) is 13.8 Å². The normalized spacial score (nSPS) is 19.2. The third-order valence-corrected chi connectivity index (χ3v) is 3.54. The Morgan fingerprint density at radius 1 is 1.28 bits per heavy atom. The molecule has 1 aliphatic heterocycles. The maximum Gasteiger partial charge on any atom is 0.234 e. The van der Waals surface area contributed by atoms with Crippen LogP contribution in [-0.2, 0) is 4.79 Å². The third kappa shape index (κ3) is 4.55. The van der Waals surface area contributed by atoms with Crippen molar-refractivity contribution in [3.05, 3.63) is 0 Å². The Kier molecular flexibility index (Phi) is 5.56. The second-order valence-corrected chi connectivity index (χ2v) is 6.00. The smallest absolute Gasteiger partial charge is 0.234 e. The summed E-state index contributed by atoms with van der Waals surface area (Å²) in [6, 6.07) is 0.218. The standard InChI is InChI=1S/C13H28N4O/c1-11(2)15-12(18)9-16-5-7-17(8-6-16)13(3,4)10-14/h11H,5-10,14H2,1-4H3,(H,15,18). The fourth-order valence-electron chi connectivity index (χ4n) is 2.21. The summed E-state index contributed by atoms with van der Waals surface area (Å²) in [5.74, 6) is 0.122. The van der Waals surface area contributed by atoms with Crippen molar-refractivity contribution in [3.63, 3.8) is 0 Å². The highest BCUT2D eigenvalue weighted by Crippen LogP contribution is 2.15. The zero-order valence-corrected chi connectivity index (χ0v) is 12.2. The van der Waals surface area contributed by atoms with E-state index in [1.54, 1.807) is 0 Å². The quantitative estimate of drug-likeness (QED) is 0.719. The van der Waals surface area contributed by atoms with E-state index in [2.05, 4.69) is 29.0 Å². The summed E-state index contributed by atoms with van der Waals surface area (Å²) >= 11 is 0. The minimum Gasteiger partial charge on any atom is -0.353 e. The summed E-state index contributed by atoms with van der Waals surface area (Å²) < 4.78 is 0. The van der Waals surface area contributed by atoms with Gasteiger partial charge in [-0.3, -0.25) is 14.6 Å². The lowest BCUT2D eigenvalue weighted by Gasteiger charge is -2.43. The molecule has 0 aromatic carbocycles. The number of rotatable bonds is 5. The average Bonchev–Trinajstić information content (AvgIpc) is 2.28. The predicted octanol–water partition coefficient (Wildman–Crippen LogP) is -0.134. The molecule has 1 rings (SSSR count). The molecule has 5 nitrogen and oxygen atoms in total. The van der Waals surface area contributed by atoms with Crippen molar-refractivity contribution in [1.82, 2.24) is 15.1 Å². The summed E-state index contributed by atoms with van der Waals surface area (Å²) in [4.78, 5) is 16.3. The Morgan fingerprint density at radius 2 is 1.83 bits per heavy atom. The summed E-state index contributed by atoms with van der Waals surface area (Å²) in [6.07, 6.45) is 0. The highest BCUT2D eigenvalue weighted by Gasteiger charge is 2.28. The first-order valence-electron chi connectivity index (χ1n) is 6.82. The highest BCUT2D eigenvalue weighted by molar-refractivity contribution is 5.78. The second-order valence-electron chi connectivity index (χ2n) is 6.00. The molecule has 0 bridgehead atoms. The molecule has 1 heterocycles. The van der Waals surface area contributed by atoms with Gasteiger partial charge < -0.3 is 11.1 Å². The lowest BCUT2D eigenvalue weighted by molar-refractivity contribution is -0.123. The van der Waals surface area contributed by atoms with Crippen molar-refractivity contribution in [2.75, 3.05) is 39.3 Å². The first-order chi connectivity index (χ1) is 8.35. The number of nitrogens with one attached hydrogen (secondary N) is 1. The largest absolute Gasteiger partial charge is 0.353 e. The van der Waals surface area contributed by atoms with E-state index >= 15 is 0 Å². The molecule has 0 saturated carbocycles. The fraction of sp³-hybridized carbons (Fsp3) is 0.923. The van der Waals surface area contributed by atoms with E-state index in [1.165, 1.54) is 0 Å². The van der Waals surface area contributed by atoms with Gasteiger partial charge in [0.1, 0.15) is 0 Å². The molecule has 3 N–H and O–H groups in total. The van der Waals surface area contributed by atoms with Gasteiger partial charge in [-0.15, -0.1) is 0 Å². The van der Waals surface area contributed by atoms with E-state index in [0.29, 0.717) is 13.1 Å². The number of piperazine rings is 1. The van der Waals surface area contributed by atoms with Crippen molar-refractivity contribution in [3.8, 4) is 0 Å². The first kappa shape index (κ1) is 15.4. The van der Waals surface area contributed by atoms with Crippen molar-refractivity contribution in [1.29, 1.82) is 0 Å². The van der Waals surface area contributed by atoms with Crippen LogP contribution in [0.4, 0.5) is 0 Å². The minimum absolute atomic E-state index is 0.0618. The topological polar surface area (TPSA) is 61.6 Å². The number of nitrogens with zero attached hydrogens (tertiary/aromatic N) is 2. The van der Waals surface area contributed by atoms with Crippen LogP contribution >= 0.6 is 0 Å². The van der Waals surface area contributed by atoms with Crippen LogP contribution in [0.3, 0.4) is 0 Å². The van der Waals surface area contributed by atoms with E-state index in [0.717, 1.165) is 26.2 Å². The monoisotopic (exact) mass is 256 g/mol. The number of nitrogens with two attached hydrogens (primary N) is 1. The summed E-state index contributed by atoms with van der Waals surface area (Å²) in [5.41, 5.74) is 5.85. The van der Waals surface area contributed by atoms with Gasteiger partial charge in [-0.1, -0.05) is 0 Å². The Hall–Kier alpha value is -0.650. The van der Waals surface area contributed by atoms with Gasteiger partial charge in [-0.2, -0.15) is 0 Å². The van der Waals surface area contributed by atoms with Gasteiger partial charge in [0.05, 0.1) is 6.54 Å². The van der Waals surface area contributed by atoms with Crippen LogP contribution in [0.25, 0.3) is 0 Å². The lowest BCUT2D eigenvalue weighted by atomic mass is 10.0. The van der Waals surface area contributed by atoms with E-state index in [4.69, 9.17) is 5.73 Å². The van der Waals surface area contributed by atoms with Gasteiger partial charge >= 0.3 is 0 Å². The molecule has 18 heavy (non-hydrogen) atoms. The molecule has 0 aromatic heterocycles. The van der Waals surface area contributed by atoms with Gasteiger partial charge in [0, 0.05) is 44.3 Å². The molecule has 1 saturated heterocycles. The Morgan fingerprint density at radius 3 is 2.28 bits per heavy atom. The summed E-state index contributed by atoms with van der Waals surface area (Å²) in [5, 5.41) is 2.93. The Balaban J connectivity index is 2.34. The van der Waals surface area contributed by atoms with Gasteiger partial charge in [0.15, 0.2) is 0 Å². The molecule has 0 unspecified atom stereocenters. The molecule has 106 valence electrons. The fourth-order valence-corrected chi connectivity index (χ4v) is 2.21. The van der Waals surface area contributed by atoms with E-state index in [9.17, 15) is 4.79 Å². The van der Waals surface area contributed by atoms with Crippen LogP contribution < -0.4 is 11.1 Å². The van der Waals surface area contributed by atoms with E-state index in [-0.39, 0.29) is 17.5 Å². The van der Waals surface area contributed by atoms with Crippen molar-refractivity contribution >= 4 is 5.91 Å². The van der Waals surface area contributed by atoms with Crippen LogP contribution in [-0.4, -0.2) is 66.6 Å². The van der Waals surface area contributed by atoms with Crippen LogP contribution in [0.5, 0.6) is 0 Å². The molecular weight excluding hydrogens is 228 g/mol. The summed E-state index contributed by atoms with van der Waals surface area (Å²) in [6.45, 7) is 13.3. The van der Waals surface area contributed by atoms with Crippen LogP contribution in [0.15, 0.2) is 0 Å². The zero-order valence-electron chi connectivity index (χ0n) is 12.2. The maximum absolute atomic E-state index is 11.7. The predicted molar refractivity (Wildman–Crippen MR) is 74.4 cm³/mol. The van der Waals surface area contributed by atoms with Gasteiger partial charge in [-0.25, -0.2) is 0 Å². The third-order valence-electron chi connectivity index (χ3n) is 3.54. The SMILES string of the molecule is CC(C)NC(=O)CN1CCN(C(C)(C)CN)CC1. The first-order valence-corrected chi connectivity index (χ1v) is 6.82. The van der Waals surface area contributed by atoms with Crippen LogP contribution in [0, 0.1) is 0 Å². The van der Waals surface area contributed by atoms with E-state index < -0.39 is 0 Å². The lowest BCUT2D eigenvalue weighted by Crippen LogP contribution is -2.58. The van der Waals surface area contributed by atoms with Gasteiger partial charge in [0.2, 0.25) is 5.91 Å². The molecule has 0 spiro atoms. The molecule has 1 aliphatic rings. The maximum atomic E-state index is 11.7. The number of hydrogen-bond acceptors (Lipinski definition) is 4. The second kappa shape index (κ2) is 6.50. The number of carbonyl (C=O) groups is 1. The summed E-state index contributed by atoms with van der Waals surface area (Å²) in [7, 11) is 0. The van der Waals surface area contributed by atoms with Crippen LogP contribution in [0.2, 0.25) is 0 Å². The molecular formula is C13H28N4O. The Labute approximate surface area is 111 Å². The number of amides is 1. The van der Waals surface area contributed by atoms with Gasteiger partial charge in [0.25, 0.3) is 0 Å². The van der Waals surface area contributed by atoms with Gasteiger partial charge in [-0.05, 0) is 27.7 Å². The number of carbonyl (C=O) groups excluding carboxylic acids is 1. The molecule has 1 fully saturated rings. The van der Waals surface area contributed by atoms with Crippen molar-refractivity contribution in [2.24, 2.45) is 5.73 Å². The highest BCUT2D eigenvalue weighted by atomic mass is 16.2.